The third kappa shape index (κ3) is 4.73. The maximum Gasteiger partial charge on any atom is 0.262 e. The van der Waals surface area contributed by atoms with Gasteiger partial charge in [-0.2, -0.15) is 0 Å². The van der Waals surface area contributed by atoms with Crippen molar-refractivity contribution in [3.05, 3.63) is 54.1 Å². The lowest BCUT2D eigenvalue weighted by Crippen LogP contribution is -2.44. The quantitative estimate of drug-likeness (QED) is 0.910. The largest absolute Gasteiger partial charge is 0.484 e. The van der Waals surface area contributed by atoms with Crippen LogP contribution in [0, 0.1) is 6.92 Å². The van der Waals surface area contributed by atoms with Gasteiger partial charge in [0.05, 0.1) is 0 Å². The van der Waals surface area contributed by atoms with Crippen molar-refractivity contribution in [2.24, 2.45) is 0 Å². The molecular weight excluding hydrogens is 314 g/mol. The normalized spacial score (nSPS) is 15.0. The molecule has 1 N–H and O–H groups in total. The predicted molar refractivity (Wildman–Crippen MR) is 101 cm³/mol. The van der Waals surface area contributed by atoms with Crippen LogP contribution in [0.5, 0.6) is 5.75 Å². The van der Waals surface area contributed by atoms with Crippen LogP contribution in [-0.4, -0.2) is 50.6 Å². The van der Waals surface area contributed by atoms with Gasteiger partial charge >= 0.3 is 0 Å². The minimum absolute atomic E-state index is 0.00325. The number of likely N-dealkylation sites (N-methyl/N-ethyl adjacent to an activating group) is 1. The summed E-state index contributed by atoms with van der Waals surface area (Å²) in [4.78, 5) is 16.8. The van der Waals surface area contributed by atoms with Gasteiger partial charge in [0, 0.05) is 37.6 Å². The third-order valence-corrected chi connectivity index (χ3v) is 4.44. The molecule has 2 aromatic carbocycles. The molecule has 25 heavy (non-hydrogen) atoms. The van der Waals surface area contributed by atoms with Crippen molar-refractivity contribution < 1.29 is 9.53 Å². The molecule has 0 bridgehead atoms. The molecule has 1 aliphatic heterocycles. The summed E-state index contributed by atoms with van der Waals surface area (Å²) < 4.78 is 5.47. The number of nitrogens with zero attached hydrogens (tertiary/aromatic N) is 2. The first kappa shape index (κ1) is 17.3. The summed E-state index contributed by atoms with van der Waals surface area (Å²) >= 11 is 0. The Morgan fingerprint density at radius 1 is 1.08 bits per heavy atom. The smallest absolute Gasteiger partial charge is 0.262 e. The number of carbonyl (C=O) groups excluding carboxylic acids is 1. The van der Waals surface area contributed by atoms with Crippen LogP contribution in [0.3, 0.4) is 0 Å². The third-order valence-electron chi connectivity index (χ3n) is 4.44. The van der Waals surface area contributed by atoms with E-state index in [0.717, 1.165) is 31.9 Å². The molecule has 5 heteroatoms. The van der Waals surface area contributed by atoms with Crippen molar-refractivity contribution in [2.75, 3.05) is 50.1 Å². The molecule has 132 valence electrons. The standard InChI is InChI=1S/C20H25N3O2/c1-16-14-17(8-9-19(16)23-12-10-22(2)11-13-23)21-20(24)15-25-18-6-4-3-5-7-18/h3-9,14H,10-13,15H2,1-2H3,(H,21,24). The Morgan fingerprint density at radius 3 is 2.48 bits per heavy atom. The van der Waals surface area contributed by atoms with Crippen LogP contribution >= 0.6 is 0 Å². The summed E-state index contributed by atoms with van der Waals surface area (Å²) in [5.74, 6) is 0.537. The average molecular weight is 339 g/mol. The SMILES string of the molecule is Cc1cc(NC(=O)COc2ccccc2)ccc1N1CCN(C)CC1. The van der Waals surface area contributed by atoms with E-state index in [9.17, 15) is 4.79 Å². The van der Waals surface area contributed by atoms with E-state index < -0.39 is 0 Å². The molecule has 3 rings (SSSR count). The number of amides is 1. The highest BCUT2D eigenvalue weighted by atomic mass is 16.5. The van der Waals surface area contributed by atoms with Gasteiger partial charge in [0.25, 0.3) is 5.91 Å². The lowest BCUT2D eigenvalue weighted by molar-refractivity contribution is -0.118. The van der Waals surface area contributed by atoms with E-state index in [1.54, 1.807) is 0 Å². The van der Waals surface area contributed by atoms with Gasteiger partial charge in [0.2, 0.25) is 0 Å². The zero-order chi connectivity index (χ0) is 17.6. The summed E-state index contributed by atoms with van der Waals surface area (Å²) in [6.07, 6.45) is 0. The fraction of sp³-hybridized carbons (Fsp3) is 0.350. The van der Waals surface area contributed by atoms with Crippen LogP contribution < -0.4 is 15.0 Å². The molecule has 0 unspecified atom stereocenters. The number of nitrogens with one attached hydrogen (secondary N) is 1. The molecule has 1 aliphatic rings. The molecule has 1 saturated heterocycles. The second kappa shape index (κ2) is 8.03. The fourth-order valence-electron chi connectivity index (χ4n) is 3.00. The Kier molecular flexibility index (Phi) is 5.56. The summed E-state index contributed by atoms with van der Waals surface area (Å²) in [6, 6.07) is 15.4. The van der Waals surface area contributed by atoms with Gasteiger partial charge in [-0.25, -0.2) is 0 Å². The molecule has 5 nitrogen and oxygen atoms in total. The van der Waals surface area contributed by atoms with Crippen molar-refractivity contribution in [2.45, 2.75) is 6.92 Å². The first-order chi connectivity index (χ1) is 12.1. The van der Waals surface area contributed by atoms with E-state index in [0.29, 0.717) is 5.75 Å². The molecule has 0 aliphatic carbocycles. The highest BCUT2D eigenvalue weighted by molar-refractivity contribution is 5.92. The highest BCUT2D eigenvalue weighted by Gasteiger charge is 2.16. The monoisotopic (exact) mass is 339 g/mol. The van der Waals surface area contributed by atoms with Gasteiger partial charge in [0.15, 0.2) is 6.61 Å². The van der Waals surface area contributed by atoms with Crippen molar-refractivity contribution in [3.63, 3.8) is 0 Å². The van der Waals surface area contributed by atoms with Crippen LogP contribution in [0.25, 0.3) is 0 Å². The molecule has 2 aromatic rings. The van der Waals surface area contributed by atoms with E-state index in [4.69, 9.17) is 4.74 Å². The number of rotatable bonds is 5. The molecule has 1 fully saturated rings. The van der Waals surface area contributed by atoms with Gasteiger partial charge < -0.3 is 19.9 Å². The minimum Gasteiger partial charge on any atom is -0.484 e. The van der Waals surface area contributed by atoms with E-state index >= 15 is 0 Å². The van der Waals surface area contributed by atoms with Crippen molar-refractivity contribution in [1.29, 1.82) is 0 Å². The number of hydrogen-bond acceptors (Lipinski definition) is 4. The molecular formula is C20H25N3O2. The van der Waals surface area contributed by atoms with Crippen LogP contribution in [-0.2, 0) is 4.79 Å². The maximum absolute atomic E-state index is 12.1. The molecule has 0 spiro atoms. The van der Waals surface area contributed by atoms with E-state index in [-0.39, 0.29) is 12.5 Å². The van der Waals surface area contributed by atoms with E-state index in [1.807, 2.05) is 42.5 Å². The molecule has 1 heterocycles. The van der Waals surface area contributed by atoms with E-state index in [1.165, 1.54) is 11.3 Å². The van der Waals surface area contributed by atoms with Gasteiger partial charge in [0.1, 0.15) is 5.75 Å². The molecule has 0 atom stereocenters. The second-order valence-electron chi connectivity index (χ2n) is 6.44. The van der Waals surface area contributed by atoms with Crippen molar-refractivity contribution in [3.8, 4) is 5.75 Å². The van der Waals surface area contributed by atoms with Crippen LogP contribution in [0.4, 0.5) is 11.4 Å². The number of hydrogen-bond donors (Lipinski definition) is 1. The Bertz CT molecular complexity index is 710. The Hall–Kier alpha value is -2.53. The first-order valence-electron chi connectivity index (χ1n) is 8.63. The molecule has 1 amide bonds. The van der Waals surface area contributed by atoms with Gasteiger partial charge in [-0.1, -0.05) is 18.2 Å². The number of ether oxygens (including phenoxy) is 1. The highest BCUT2D eigenvalue weighted by Crippen LogP contribution is 2.24. The number of piperazine rings is 1. The van der Waals surface area contributed by atoms with Gasteiger partial charge in [-0.3, -0.25) is 4.79 Å². The Balaban J connectivity index is 1.56. The zero-order valence-electron chi connectivity index (χ0n) is 14.9. The van der Waals surface area contributed by atoms with Gasteiger partial charge in [-0.15, -0.1) is 0 Å². The number of anilines is 2. The second-order valence-corrected chi connectivity index (χ2v) is 6.44. The lowest BCUT2D eigenvalue weighted by atomic mass is 10.1. The Labute approximate surface area is 149 Å². The van der Waals surface area contributed by atoms with Crippen LogP contribution in [0.2, 0.25) is 0 Å². The Morgan fingerprint density at radius 2 is 1.80 bits per heavy atom. The summed E-state index contributed by atoms with van der Waals surface area (Å²) in [5.41, 5.74) is 3.22. The van der Waals surface area contributed by atoms with Crippen molar-refractivity contribution in [1.82, 2.24) is 4.90 Å². The number of para-hydroxylation sites is 1. The van der Waals surface area contributed by atoms with Crippen LogP contribution in [0.15, 0.2) is 48.5 Å². The summed E-state index contributed by atoms with van der Waals surface area (Å²) in [7, 11) is 2.15. The number of benzene rings is 2. The van der Waals surface area contributed by atoms with Crippen molar-refractivity contribution >= 4 is 17.3 Å². The average Bonchev–Trinajstić information content (AvgIpc) is 2.62. The number of aryl methyl sites for hydroxylation is 1. The minimum atomic E-state index is -0.157. The lowest BCUT2D eigenvalue weighted by Gasteiger charge is -2.35. The summed E-state index contributed by atoms with van der Waals surface area (Å²) in [6.45, 7) is 6.32. The molecule has 0 saturated carbocycles. The predicted octanol–water partition coefficient (Wildman–Crippen LogP) is 2.76. The maximum atomic E-state index is 12.1. The molecule has 0 radical (unpaired) electrons. The zero-order valence-corrected chi connectivity index (χ0v) is 14.9. The topological polar surface area (TPSA) is 44.8 Å². The van der Waals surface area contributed by atoms with Crippen LogP contribution in [0.1, 0.15) is 5.56 Å². The number of carbonyl (C=O) groups is 1. The fourth-order valence-corrected chi connectivity index (χ4v) is 3.00. The van der Waals surface area contributed by atoms with E-state index in [2.05, 4.69) is 35.2 Å². The first-order valence-corrected chi connectivity index (χ1v) is 8.63. The van der Waals surface area contributed by atoms with Gasteiger partial charge in [-0.05, 0) is 49.9 Å². The summed E-state index contributed by atoms with van der Waals surface area (Å²) in [5, 5.41) is 2.90. The molecule has 0 aromatic heterocycles.